The average molecular weight is 495 g/mol. The molecule has 0 fully saturated rings. The van der Waals surface area contributed by atoms with Gasteiger partial charge in [0.15, 0.2) is 0 Å². The number of urea groups is 1. The number of nitrogens with one attached hydrogen (secondary N) is 2. The van der Waals surface area contributed by atoms with Gasteiger partial charge in [0.2, 0.25) is 11.8 Å². The van der Waals surface area contributed by atoms with Gasteiger partial charge in [0.05, 0.1) is 4.90 Å². The smallest absolute Gasteiger partial charge is 0.329 e. The number of aryl methyl sites for hydroxylation is 1. The Morgan fingerprint density at radius 1 is 0.943 bits per heavy atom. The summed E-state index contributed by atoms with van der Waals surface area (Å²) < 4.78 is 27.4. The molecule has 10 heteroatoms. The number of nitrogens with zero attached hydrogens (tertiary/aromatic N) is 1. The van der Waals surface area contributed by atoms with Crippen LogP contribution in [0, 0.1) is 6.92 Å². The van der Waals surface area contributed by atoms with Crippen molar-refractivity contribution in [1.29, 1.82) is 0 Å². The maximum atomic E-state index is 13.4. The summed E-state index contributed by atoms with van der Waals surface area (Å²) in [4.78, 5) is 38.9. The highest BCUT2D eigenvalue weighted by molar-refractivity contribution is 7.90. The van der Waals surface area contributed by atoms with Gasteiger partial charge in [-0.15, -0.1) is 0 Å². The second-order valence-electron chi connectivity index (χ2n) is 7.90. The first-order chi connectivity index (χ1) is 16.6. The van der Waals surface area contributed by atoms with E-state index >= 15 is 0 Å². The molecule has 3 aromatic rings. The zero-order valence-corrected chi connectivity index (χ0v) is 20.1. The van der Waals surface area contributed by atoms with Crippen molar-refractivity contribution in [2.24, 2.45) is 5.73 Å². The van der Waals surface area contributed by atoms with Crippen molar-refractivity contribution in [2.45, 2.75) is 24.3 Å². The number of benzene rings is 3. The second-order valence-corrected chi connectivity index (χ2v) is 9.55. The van der Waals surface area contributed by atoms with Crippen molar-refractivity contribution in [3.8, 4) is 0 Å². The fraction of sp³-hybridized carbons (Fsp3) is 0.160. The standard InChI is InChI=1S/C25H26N4O5S/c1-17-9-6-7-14-22(17)35(33,34)28-25(32)27-21(15-18-10-4-3-5-11-18)24(31)29(2)20-13-8-12-19(16-20)23(26)30/h3-14,16,21H,15H2,1-2H3,(H2,26,30)(H2,27,28,32)/t21-/m0/s1. The Kier molecular flexibility index (Phi) is 7.87. The molecule has 0 unspecified atom stereocenters. The average Bonchev–Trinajstić information content (AvgIpc) is 2.83. The minimum Gasteiger partial charge on any atom is -0.366 e. The fourth-order valence-electron chi connectivity index (χ4n) is 3.50. The molecule has 0 aliphatic rings. The number of nitrogens with two attached hydrogens (primary N) is 1. The summed E-state index contributed by atoms with van der Waals surface area (Å²) in [6.07, 6.45) is 0.108. The third-order valence-corrected chi connectivity index (χ3v) is 6.84. The highest BCUT2D eigenvalue weighted by atomic mass is 32.2. The summed E-state index contributed by atoms with van der Waals surface area (Å²) in [5.74, 6) is -1.16. The van der Waals surface area contributed by atoms with Crippen LogP contribution in [-0.2, 0) is 21.2 Å². The van der Waals surface area contributed by atoms with E-state index in [0.717, 1.165) is 5.56 Å². The number of hydrogen-bond donors (Lipinski definition) is 3. The normalized spacial score (nSPS) is 11.8. The molecule has 0 spiro atoms. The lowest BCUT2D eigenvalue weighted by Gasteiger charge is -2.25. The van der Waals surface area contributed by atoms with Crippen molar-refractivity contribution < 1.29 is 22.8 Å². The summed E-state index contributed by atoms with van der Waals surface area (Å²) >= 11 is 0. The third kappa shape index (κ3) is 6.45. The van der Waals surface area contributed by atoms with E-state index in [4.69, 9.17) is 5.73 Å². The molecule has 35 heavy (non-hydrogen) atoms. The first-order valence-electron chi connectivity index (χ1n) is 10.7. The minimum absolute atomic E-state index is 0.0403. The van der Waals surface area contributed by atoms with E-state index in [0.29, 0.717) is 11.3 Å². The van der Waals surface area contributed by atoms with E-state index in [1.54, 1.807) is 61.5 Å². The molecule has 3 rings (SSSR count). The fourth-order valence-corrected chi connectivity index (χ4v) is 4.66. The Hall–Kier alpha value is -4.18. The maximum Gasteiger partial charge on any atom is 0.329 e. The van der Waals surface area contributed by atoms with Crippen molar-refractivity contribution in [3.05, 3.63) is 95.6 Å². The van der Waals surface area contributed by atoms with Gasteiger partial charge in [-0.25, -0.2) is 17.9 Å². The molecule has 0 bridgehead atoms. The molecule has 3 aromatic carbocycles. The van der Waals surface area contributed by atoms with E-state index in [1.165, 1.54) is 30.1 Å². The second kappa shape index (κ2) is 10.8. The van der Waals surface area contributed by atoms with Gasteiger partial charge >= 0.3 is 6.03 Å². The van der Waals surface area contributed by atoms with Gasteiger partial charge in [0.1, 0.15) is 6.04 Å². The number of rotatable bonds is 8. The Bertz CT molecular complexity index is 1340. The minimum atomic E-state index is -4.16. The van der Waals surface area contributed by atoms with Crippen LogP contribution in [0.15, 0.2) is 83.8 Å². The third-order valence-electron chi connectivity index (χ3n) is 5.34. The van der Waals surface area contributed by atoms with Crippen molar-refractivity contribution in [1.82, 2.24) is 10.0 Å². The summed E-state index contributed by atoms with van der Waals surface area (Å²) in [5.41, 5.74) is 7.17. The molecule has 0 saturated heterocycles. The first kappa shape index (κ1) is 25.4. The topological polar surface area (TPSA) is 139 Å². The molecular weight excluding hydrogens is 468 g/mol. The molecule has 0 saturated carbocycles. The van der Waals surface area contributed by atoms with Crippen LogP contribution >= 0.6 is 0 Å². The van der Waals surface area contributed by atoms with Crippen molar-refractivity contribution in [2.75, 3.05) is 11.9 Å². The largest absolute Gasteiger partial charge is 0.366 e. The molecule has 0 aromatic heterocycles. The van der Waals surface area contributed by atoms with E-state index in [9.17, 15) is 22.8 Å². The number of carbonyl (C=O) groups is 3. The number of amides is 4. The van der Waals surface area contributed by atoms with Gasteiger partial charge in [0, 0.05) is 24.7 Å². The maximum absolute atomic E-state index is 13.4. The van der Waals surface area contributed by atoms with E-state index in [2.05, 4.69) is 5.32 Å². The molecule has 0 heterocycles. The van der Waals surface area contributed by atoms with Crippen LogP contribution in [0.3, 0.4) is 0 Å². The van der Waals surface area contributed by atoms with Crippen LogP contribution in [0.25, 0.3) is 0 Å². The van der Waals surface area contributed by atoms with Gasteiger partial charge in [-0.1, -0.05) is 54.6 Å². The zero-order chi connectivity index (χ0) is 25.6. The lowest BCUT2D eigenvalue weighted by Crippen LogP contribution is -2.52. The van der Waals surface area contributed by atoms with Gasteiger partial charge in [0.25, 0.3) is 10.0 Å². The lowest BCUT2D eigenvalue weighted by atomic mass is 10.0. The van der Waals surface area contributed by atoms with Crippen LogP contribution in [0.5, 0.6) is 0 Å². The highest BCUT2D eigenvalue weighted by Gasteiger charge is 2.28. The summed E-state index contributed by atoms with van der Waals surface area (Å²) in [6, 6.07) is 19.3. The van der Waals surface area contributed by atoms with E-state index < -0.39 is 33.9 Å². The predicted octanol–water partition coefficient (Wildman–Crippen LogP) is 2.36. The Morgan fingerprint density at radius 3 is 2.26 bits per heavy atom. The van der Waals surface area contributed by atoms with Crippen LogP contribution in [0.2, 0.25) is 0 Å². The first-order valence-corrected chi connectivity index (χ1v) is 12.2. The molecule has 0 aliphatic heterocycles. The van der Waals surface area contributed by atoms with Crippen LogP contribution in [-0.4, -0.2) is 39.4 Å². The van der Waals surface area contributed by atoms with Crippen LogP contribution in [0.1, 0.15) is 21.5 Å². The zero-order valence-electron chi connectivity index (χ0n) is 19.3. The molecule has 4 amide bonds. The van der Waals surface area contributed by atoms with Crippen LogP contribution in [0.4, 0.5) is 10.5 Å². The van der Waals surface area contributed by atoms with Gasteiger partial charge in [-0.3, -0.25) is 9.59 Å². The number of carbonyl (C=O) groups excluding carboxylic acids is 3. The summed E-state index contributed by atoms with van der Waals surface area (Å²) in [7, 11) is -2.67. The number of sulfonamides is 1. The summed E-state index contributed by atoms with van der Waals surface area (Å²) in [6.45, 7) is 1.61. The van der Waals surface area contributed by atoms with Gasteiger partial charge in [-0.05, 0) is 42.3 Å². The van der Waals surface area contributed by atoms with Crippen molar-refractivity contribution in [3.63, 3.8) is 0 Å². The SMILES string of the molecule is Cc1ccccc1S(=O)(=O)NC(=O)N[C@@H](Cc1ccccc1)C(=O)N(C)c1cccc(C(N)=O)c1. The lowest BCUT2D eigenvalue weighted by molar-refractivity contribution is -0.120. The van der Waals surface area contributed by atoms with Gasteiger partial charge in [-0.2, -0.15) is 0 Å². The quantitative estimate of drug-likeness (QED) is 0.441. The number of primary amides is 1. The number of hydrogen-bond acceptors (Lipinski definition) is 5. The number of likely N-dealkylation sites (N-methyl/N-ethyl adjacent to an activating group) is 1. The molecule has 1 atom stereocenters. The Balaban J connectivity index is 1.85. The molecule has 182 valence electrons. The Morgan fingerprint density at radius 2 is 1.60 bits per heavy atom. The Labute approximate surface area is 204 Å². The van der Waals surface area contributed by atoms with E-state index in [1.807, 2.05) is 10.8 Å². The summed E-state index contributed by atoms with van der Waals surface area (Å²) in [5, 5.41) is 2.49. The molecule has 4 N–H and O–H groups in total. The van der Waals surface area contributed by atoms with Gasteiger partial charge < -0.3 is 16.0 Å². The highest BCUT2D eigenvalue weighted by Crippen LogP contribution is 2.17. The monoisotopic (exact) mass is 494 g/mol. The molecular formula is C25H26N4O5S. The van der Waals surface area contributed by atoms with E-state index in [-0.39, 0.29) is 16.9 Å². The number of anilines is 1. The molecule has 0 radical (unpaired) electrons. The molecule has 0 aliphatic carbocycles. The molecule has 9 nitrogen and oxygen atoms in total. The predicted molar refractivity (Wildman–Crippen MR) is 132 cm³/mol. The van der Waals surface area contributed by atoms with Crippen LogP contribution < -0.4 is 20.7 Å². The van der Waals surface area contributed by atoms with Crippen molar-refractivity contribution >= 4 is 33.6 Å².